The van der Waals surface area contributed by atoms with Gasteiger partial charge >= 0.3 is 12.4 Å². The van der Waals surface area contributed by atoms with Gasteiger partial charge in [-0.25, -0.2) is 0 Å². The molecule has 1 unspecified atom stereocenters. The predicted octanol–water partition coefficient (Wildman–Crippen LogP) is 3.66. The third kappa shape index (κ3) is 8.30. The molecule has 0 saturated heterocycles. The summed E-state index contributed by atoms with van der Waals surface area (Å²) in [6.07, 6.45) is -13.2. The SMILES string of the molecule is CCNC(C)CCCCOC(C(F)(F)F)C(F)(F)F. The Morgan fingerprint density at radius 3 is 1.95 bits per heavy atom. The number of halogens is 6. The lowest BCUT2D eigenvalue weighted by Gasteiger charge is -2.23. The van der Waals surface area contributed by atoms with Crippen molar-refractivity contribution in [2.45, 2.75) is 57.6 Å². The number of unbranched alkanes of at least 4 members (excludes halogenated alkanes) is 1. The van der Waals surface area contributed by atoms with E-state index in [1.807, 2.05) is 13.8 Å². The smallest absolute Gasteiger partial charge is 0.361 e. The fourth-order valence-electron chi connectivity index (χ4n) is 1.58. The topological polar surface area (TPSA) is 21.3 Å². The fraction of sp³-hybridized carbons (Fsp3) is 1.00. The molecule has 0 saturated carbocycles. The number of ether oxygens (including phenoxy) is 1. The second-order valence-corrected chi connectivity index (χ2v) is 4.29. The maximum absolute atomic E-state index is 12.1. The number of nitrogens with one attached hydrogen (secondary N) is 1. The van der Waals surface area contributed by atoms with Crippen molar-refractivity contribution in [1.82, 2.24) is 5.32 Å². The molecule has 0 amide bonds. The van der Waals surface area contributed by atoms with Gasteiger partial charge in [-0.3, -0.25) is 0 Å². The molecule has 1 N–H and O–H groups in total. The molecule has 0 fully saturated rings. The fourth-order valence-corrected chi connectivity index (χ4v) is 1.58. The third-order valence-corrected chi connectivity index (χ3v) is 2.46. The summed E-state index contributed by atoms with van der Waals surface area (Å²) in [7, 11) is 0. The van der Waals surface area contributed by atoms with Crippen LogP contribution in [0.2, 0.25) is 0 Å². The number of rotatable bonds is 8. The summed E-state index contributed by atoms with van der Waals surface area (Å²) in [5.74, 6) is 0. The molecule has 1 atom stereocenters. The van der Waals surface area contributed by atoms with Gasteiger partial charge in [0.2, 0.25) is 6.10 Å². The van der Waals surface area contributed by atoms with Gasteiger partial charge in [0.1, 0.15) is 0 Å². The Kier molecular flexibility index (Phi) is 7.73. The molecular weight excluding hydrogens is 276 g/mol. The first-order chi connectivity index (χ1) is 8.59. The molecule has 8 heteroatoms. The van der Waals surface area contributed by atoms with E-state index in [2.05, 4.69) is 10.1 Å². The Morgan fingerprint density at radius 1 is 1.00 bits per heavy atom. The predicted molar refractivity (Wildman–Crippen MR) is 58.8 cm³/mol. The van der Waals surface area contributed by atoms with E-state index in [9.17, 15) is 26.3 Å². The summed E-state index contributed by atoms with van der Waals surface area (Å²) in [5, 5.41) is 3.09. The van der Waals surface area contributed by atoms with Crippen LogP contribution in [0.5, 0.6) is 0 Å². The quantitative estimate of drug-likeness (QED) is 0.545. The van der Waals surface area contributed by atoms with Crippen LogP contribution in [-0.4, -0.2) is 37.7 Å². The molecule has 0 rings (SSSR count). The average molecular weight is 295 g/mol. The van der Waals surface area contributed by atoms with Crippen molar-refractivity contribution < 1.29 is 31.1 Å². The van der Waals surface area contributed by atoms with Gasteiger partial charge in [-0.15, -0.1) is 0 Å². The summed E-state index contributed by atoms with van der Waals surface area (Å²) in [4.78, 5) is 0. The number of hydrogen-bond donors (Lipinski definition) is 1. The number of hydrogen-bond acceptors (Lipinski definition) is 2. The Hall–Kier alpha value is -0.500. The second-order valence-electron chi connectivity index (χ2n) is 4.29. The minimum atomic E-state index is -5.42. The monoisotopic (exact) mass is 295 g/mol. The lowest BCUT2D eigenvalue weighted by molar-refractivity contribution is -0.321. The molecule has 0 aliphatic rings. The van der Waals surface area contributed by atoms with Gasteiger partial charge in [-0.1, -0.05) is 6.92 Å². The molecule has 0 bridgehead atoms. The van der Waals surface area contributed by atoms with Crippen molar-refractivity contribution in [2.24, 2.45) is 0 Å². The van der Waals surface area contributed by atoms with Crippen LogP contribution in [0.15, 0.2) is 0 Å². The molecule has 0 aromatic rings. The highest BCUT2D eigenvalue weighted by Crippen LogP contribution is 2.35. The summed E-state index contributed by atoms with van der Waals surface area (Å²) >= 11 is 0. The molecule has 19 heavy (non-hydrogen) atoms. The van der Waals surface area contributed by atoms with E-state index in [-0.39, 0.29) is 12.5 Å². The average Bonchev–Trinajstić information content (AvgIpc) is 2.19. The summed E-state index contributed by atoms with van der Waals surface area (Å²) in [5.41, 5.74) is 0. The molecule has 0 aromatic heterocycles. The van der Waals surface area contributed by atoms with Gasteiger partial charge in [-0.2, -0.15) is 26.3 Å². The first kappa shape index (κ1) is 18.5. The normalized spacial score (nSPS) is 15.0. The van der Waals surface area contributed by atoms with Gasteiger partial charge in [0.15, 0.2) is 0 Å². The minimum absolute atomic E-state index is 0.165. The third-order valence-electron chi connectivity index (χ3n) is 2.46. The summed E-state index contributed by atoms with van der Waals surface area (Å²) < 4.78 is 76.5. The lowest BCUT2D eigenvalue weighted by atomic mass is 10.1. The molecular formula is C11H19F6NO. The first-order valence-electron chi connectivity index (χ1n) is 6.07. The standard InChI is InChI=1S/C11H19F6NO/c1-3-18-8(2)6-4-5-7-19-9(10(12,13)14)11(15,16)17/h8-9,18H,3-7H2,1-2H3. The van der Waals surface area contributed by atoms with Crippen molar-refractivity contribution >= 4 is 0 Å². The van der Waals surface area contributed by atoms with Gasteiger partial charge in [-0.05, 0) is 32.7 Å². The van der Waals surface area contributed by atoms with Crippen molar-refractivity contribution in [3.63, 3.8) is 0 Å². The molecule has 0 aliphatic carbocycles. The largest absolute Gasteiger partial charge is 0.423 e. The number of alkyl halides is 6. The zero-order chi connectivity index (χ0) is 15.1. The van der Waals surface area contributed by atoms with E-state index in [0.717, 1.165) is 6.54 Å². The van der Waals surface area contributed by atoms with Crippen molar-refractivity contribution in [1.29, 1.82) is 0 Å². The first-order valence-corrected chi connectivity index (χ1v) is 6.07. The summed E-state index contributed by atoms with van der Waals surface area (Å²) in [6, 6.07) is 0.186. The van der Waals surface area contributed by atoms with E-state index in [1.54, 1.807) is 0 Å². The lowest BCUT2D eigenvalue weighted by Crippen LogP contribution is -2.44. The Morgan fingerprint density at radius 2 is 1.53 bits per heavy atom. The van der Waals surface area contributed by atoms with Gasteiger partial charge in [0.05, 0.1) is 0 Å². The van der Waals surface area contributed by atoms with Crippen molar-refractivity contribution in [3.8, 4) is 0 Å². The van der Waals surface area contributed by atoms with Crippen LogP contribution in [0, 0.1) is 0 Å². The van der Waals surface area contributed by atoms with E-state index in [4.69, 9.17) is 0 Å². The molecule has 0 spiro atoms. The van der Waals surface area contributed by atoms with Gasteiger partial charge in [0.25, 0.3) is 0 Å². The summed E-state index contributed by atoms with van der Waals surface area (Å²) in [6.45, 7) is 4.03. The molecule has 0 aliphatic heterocycles. The maximum atomic E-state index is 12.1. The van der Waals surface area contributed by atoms with E-state index < -0.39 is 25.1 Å². The highest BCUT2D eigenvalue weighted by atomic mass is 19.4. The highest BCUT2D eigenvalue weighted by molar-refractivity contribution is 4.75. The van der Waals surface area contributed by atoms with E-state index >= 15 is 0 Å². The zero-order valence-electron chi connectivity index (χ0n) is 10.9. The molecule has 116 valence electrons. The van der Waals surface area contributed by atoms with Crippen LogP contribution < -0.4 is 5.32 Å². The Labute approximate surface area is 108 Å². The second kappa shape index (κ2) is 7.94. The van der Waals surface area contributed by atoms with Crippen LogP contribution in [0.4, 0.5) is 26.3 Å². The molecule has 0 heterocycles. The molecule has 0 radical (unpaired) electrons. The Bertz CT molecular complexity index is 226. The van der Waals surface area contributed by atoms with Gasteiger partial charge < -0.3 is 10.1 Å². The van der Waals surface area contributed by atoms with Crippen LogP contribution in [0.3, 0.4) is 0 Å². The van der Waals surface area contributed by atoms with E-state index in [1.165, 1.54) is 0 Å². The van der Waals surface area contributed by atoms with Crippen LogP contribution in [0.25, 0.3) is 0 Å². The Balaban J connectivity index is 3.96. The highest BCUT2D eigenvalue weighted by Gasteiger charge is 2.57. The van der Waals surface area contributed by atoms with E-state index in [0.29, 0.717) is 12.8 Å². The van der Waals surface area contributed by atoms with Crippen LogP contribution in [0.1, 0.15) is 33.1 Å². The van der Waals surface area contributed by atoms with Crippen molar-refractivity contribution in [3.05, 3.63) is 0 Å². The van der Waals surface area contributed by atoms with Crippen LogP contribution in [-0.2, 0) is 4.74 Å². The maximum Gasteiger partial charge on any atom is 0.423 e. The molecule has 0 aromatic carbocycles. The molecule has 2 nitrogen and oxygen atoms in total. The zero-order valence-corrected chi connectivity index (χ0v) is 10.9. The van der Waals surface area contributed by atoms with Crippen LogP contribution >= 0.6 is 0 Å². The van der Waals surface area contributed by atoms with Crippen molar-refractivity contribution in [2.75, 3.05) is 13.2 Å². The minimum Gasteiger partial charge on any atom is -0.361 e. The van der Waals surface area contributed by atoms with Gasteiger partial charge in [0, 0.05) is 12.6 Å².